The normalized spacial score (nSPS) is 20.1. The Labute approximate surface area is 109 Å². The van der Waals surface area contributed by atoms with Gasteiger partial charge in [0, 0.05) is 31.9 Å². The lowest BCUT2D eigenvalue weighted by Crippen LogP contribution is -2.27. The van der Waals surface area contributed by atoms with E-state index < -0.39 is 0 Å². The summed E-state index contributed by atoms with van der Waals surface area (Å²) in [5.41, 5.74) is 0.732. The minimum absolute atomic E-state index is 0.0904. The van der Waals surface area contributed by atoms with Crippen LogP contribution in [-0.2, 0) is 0 Å². The molecule has 1 aliphatic rings. The molecule has 0 spiro atoms. The van der Waals surface area contributed by atoms with Crippen molar-refractivity contribution in [2.24, 2.45) is 5.92 Å². The maximum atomic E-state index is 11.4. The summed E-state index contributed by atoms with van der Waals surface area (Å²) in [5, 5.41) is 0. The summed E-state index contributed by atoms with van der Waals surface area (Å²) in [5.74, 6) is 1.67. The standard InChI is InChI=1S/C14H21N3O/c1-11(18)13-4-6-15-14(8-13)17(3)10-12-5-7-16(2)9-12/h4,6,8,12H,5,7,9-10H2,1-3H3. The van der Waals surface area contributed by atoms with Gasteiger partial charge >= 0.3 is 0 Å². The van der Waals surface area contributed by atoms with Crippen LogP contribution >= 0.6 is 0 Å². The third-order valence-corrected chi connectivity index (χ3v) is 3.56. The summed E-state index contributed by atoms with van der Waals surface area (Å²) in [6, 6.07) is 3.64. The second-order valence-electron chi connectivity index (χ2n) is 5.26. The highest BCUT2D eigenvalue weighted by Gasteiger charge is 2.21. The topological polar surface area (TPSA) is 36.4 Å². The molecule has 0 aromatic carbocycles. The number of ketones is 1. The quantitative estimate of drug-likeness (QED) is 0.758. The molecule has 0 N–H and O–H groups in total. The fraction of sp³-hybridized carbons (Fsp3) is 0.571. The molecule has 1 aromatic rings. The van der Waals surface area contributed by atoms with Gasteiger partial charge in [-0.05, 0) is 45.0 Å². The molecule has 1 atom stereocenters. The number of rotatable bonds is 4. The summed E-state index contributed by atoms with van der Waals surface area (Å²) in [6.07, 6.45) is 2.95. The van der Waals surface area contributed by atoms with Crippen LogP contribution in [0.3, 0.4) is 0 Å². The highest BCUT2D eigenvalue weighted by molar-refractivity contribution is 5.94. The van der Waals surface area contributed by atoms with Crippen molar-refractivity contribution in [1.82, 2.24) is 9.88 Å². The van der Waals surface area contributed by atoms with E-state index in [1.54, 1.807) is 19.2 Å². The number of carbonyl (C=O) groups is 1. The van der Waals surface area contributed by atoms with E-state index in [2.05, 4.69) is 21.8 Å². The molecule has 0 radical (unpaired) electrons. The number of nitrogens with zero attached hydrogens (tertiary/aromatic N) is 3. The van der Waals surface area contributed by atoms with Gasteiger partial charge in [0.05, 0.1) is 0 Å². The van der Waals surface area contributed by atoms with Crippen molar-refractivity contribution < 1.29 is 4.79 Å². The van der Waals surface area contributed by atoms with Crippen molar-refractivity contribution in [3.8, 4) is 0 Å². The van der Waals surface area contributed by atoms with Crippen LogP contribution in [0.4, 0.5) is 5.82 Å². The molecule has 0 amide bonds. The molecular formula is C14H21N3O. The summed E-state index contributed by atoms with van der Waals surface area (Å²) >= 11 is 0. The second-order valence-corrected chi connectivity index (χ2v) is 5.26. The molecule has 0 saturated carbocycles. The molecule has 1 fully saturated rings. The van der Waals surface area contributed by atoms with Gasteiger partial charge in [0.25, 0.3) is 0 Å². The summed E-state index contributed by atoms with van der Waals surface area (Å²) in [4.78, 5) is 20.2. The Hall–Kier alpha value is -1.42. The number of likely N-dealkylation sites (tertiary alicyclic amines) is 1. The Balaban J connectivity index is 2.02. The van der Waals surface area contributed by atoms with E-state index in [-0.39, 0.29) is 5.78 Å². The van der Waals surface area contributed by atoms with Gasteiger partial charge in [0.15, 0.2) is 5.78 Å². The highest BCUT2D eigenvalue weighted by Crippen LogP contribution is 2.18. The molecule has 1 saturated heterocycles. The van der Waals surface area contributed by atoms with Crippen LogP contribution in [0.1, 0.15) is 23.7 Å². The largest absolute Gasteiger partial charge is 0.359 e. The first-order valence-corrected chi connectivity index (χ1v) is 6.43. The maximum absolute atomic E-state index is 11.4. The minimum Gasteiger partial charge on any atom is -0.359 e. The number of anilines is 1. The molecule has 1 aliphatic heterocycles. The van der Waals surface area contributed by atoms with E-state index in [1.165, 1.54) is 13.0 Å². The molecule has 0 bridgehead atoms. The lowest BCUT2D eigenvalue weighted by molar-refractivity contribution is 0.101. The van der Waals surface area contributed by atoms with E-state index in [9.17, 15) is 4.79 Å². The zero-order chi connectivity index (χ0) is 13.1. The van der Waals surface area contributed by atoms with Crippen molar-refractivity contribution in [2.75, 3.05) is 38.6 Å². The summed E-state index contributed by atoms with van der Waals surface area (Å²) in [6.45, 7) is 4.92. The summed E-state index contributed by atoms with van der Waals surface area (Å²) < 4.78 is 0. The van der Waals surface area contributed by atoms with E-state index in [0.717, 1.165) is 24.5 Å². The van der Waals surface area contributed by atoms with Gasteiger partial charge in [0.1, 0.15) is 5.82 Å². The SMILES string of the molecule is CC(=O)c1ccnc(N(C)CC2CCN(C)C2)c1. The smallest absolute Gasteiger partial charge is 0.159 e. The van der Waals surface area contributed by atoms with Crippen LogP contribution in [0, 0.1) is 5.92 Å². The van der Waals surface area contributed by atoms with Gasteiger partial charge in [-0.1, -0.05) is 0 Å². The van der Waals surface area contributed by atoms with E-state index >= 15 is 0 Å². The van der Waals surface area contributed by atoms with Gasteiger partial charge < -0.3 is 9.80 Å². The van der Waals surface area contributed by atoms with E-state index in [4.69, 9.17) is 0 Å². The van der Waals surface area contributed by atoms with Gasteiger partial charge in [-0.25, -0.2) is 4.98 Å². The Morgan fingerprint density at radius 3 is 3.00 bits per heavy atom. The van der Waals surface area contributed by atoms with Crippen LogP contribution in [0.2, 0.25) is 0 Å². The number of hydrogen-bond acceptors (Lipinski definition) is 4. The predicted molar refractivity (Wildman–Crippen MR) is 73.1 cm³/mol. The van der Waals surface area contributed by atoms with Crippen molar-refractivity contribution in [2.45, 2.75) is 13.3 Å². The van der Waals surface area contributed by atoms with Crippen molar-refractivity contribution in [3.63, 3.8) is 0 Å². The molecule has 2 heterocycles. The first-order valence-electron chi connectivity index (χ1n) is 6.43. The minimum atomic E-state index is 0.0904. The van der Waals surface area contributed by atoms with E-state index in [1.807, 2.05) is 13.1 Å². The molecule has 1 unspecified atom stereocenters. The molecule has 4 heteroatoms. The second kappa shape index (κ2) is 5.48. The molecular weight excluding hydrogens is 226 g/mol. The first kappa shape index (κ1) is 13.0. The number of carbonyl (C=O) groups excluding carboxylic acids is 1. The van der Waals surface area contributed by atoms with E-state index in [0.29, 0.717) is 5.92 Å². The monoisotopic (exact) mass is 247 g/mol. The predicted octanol–water partition coefficient (Wildman–Crippen LogP) is 1.67. The van der Waals surface area contributed by atoms with Crippen LogP contribution in [-0.4, -0.2) is 49.4 Å². The van der Waals surface area contributed by atoms with Crippen LogP contribution in [0.15, 0.2) is 18.3 Å². The molecule has 1 aromatic heterocycles. The molecule has 98 valence electrons. The number of aromatic nitrogens is 1. The third kappa shape index (κ3) is 3.07. The van der Waals surface area contributed by atoms with Gasteiger partial charge in [0.2, 0.25) is 0 Å². The zero-order valence-electron chi connectivity index (χ0n) is 11.4. The molecule has 4 nitrogen and oxygen atoms in total. The Morgan fingerprint density at radius 2 is 2.39 bits per heavy atom. The van der Waals surface area contributed by atoms with Crippen LogP contribution in [0.5, 0.6) is 0 Å². The van der Waals surface area contributed by atoms with Gasteiger partial charge in [-0.2, -0.15) is 0 Å². The fourth-order valence-corrected chi connectivity index (χ4v) is 2.50. The van der Waals surface area contributed by atoms with Gasteiger partial charge in [-0.3, -0.25) is 4.79 Å². The number of hydrogen-bond donors (Lipinski definition) is 0. The maximum Gasteiger partial charge on any atom is 0.159 e. The van der Waals surface area contributed by atoms with Crippen molar-refractivity contribution >= 4 is 11.6 Å². The molecule has 18 heavy (non-hydrogen) atoms. The first-order chi connectivity index (χ1) is 8.56. The number of pyridine rings is 1. The molecule has 2 rings (SSSR count). The Morgan fingerprint density at radius 1 is 1.61 bits per heavy atom. The zero-order valence-corrected chi connectivity index (χ0v) is 11.4. The van der Waals surface area contributed by atoms with Crippen molar-refractivity contribution in [3.05, 3.63) is 23.9 Å². The lowest BCUT2D eigenvalue weighted by Gasteiger charge is -2.22. The fourth-order valence-electron chi connectivity index (χ4n) is 2.50. The number of Topliss-reactive ketones (excluding diaryl/α,β-unsaturated/α-hetero) is 1. The average Bonchev–Trinajstić information content (AvgIpc) is 2.75. The third-order valence-electron chi connectivity index (χ3n) is 3.56. The Kier molecular flexibility index (Phi) is 3.97. The molecule has 0 aliphatic carbocycles. The van der Waals surface area contributed by atoms with Gasteiger partial charge in [-0.15, -0.1) is 0 Å². The average molecular weight is 247 g/mol. The van der Waals surface area contributed by atoms with Crippen molar-refractivity contribution in [1.29, 1.82) is 0 Å². The van der Waals surface area contributed by atoms with Crippen LogP contribution < -0.4 is 4.90 Å². The van der Waals surface area contributed by atoms with Crippen LogP contribution in [0.25, 0.3) is 0 Å². The Bertz CT molecular complexity index is 433. The lowest BCUT2D eigenvalue weighted by atomic mass is 10.1. The highest BCUT2D eigenvalue weighted by atomic mass is 16.1. The summed E-state index contributed by atoms with van der Waals surface area (Å²) in [7, 11) is 4.21.